The topological polar surface area (TPSA) is 122 Å². The van der Waals surface area contributed by atoms with Crippen molar-refractivity contribution in [3.8, 4) is 34.3 Å². The van der Waals surface area contributed by atoms with Crippen LogP contribution in [0.5, 0.6) is 17.2 Å². The van der Waals surface area contributed by atoms with E-state index in [9.17, 15) is 15.0 Å². The maximum atomic E-state index is 12.4. The molecule has 3 aromatic carbocycles. The zero-order valence-corrected chi connectivity index (χ0v) is 19.9. The van der Waals surface area contributed by atoms with Crippen molar-refractivity contribution in [3.63, 3.8) is 0 Å². The van der Waals surface area contributed by atoms with E-state index in [1.54, 1.807) is 7.11 Å². The first-order valence-electron chi connectivity index (χ1n) is 10.6. The lowest BCUT2D eigenvalue weighted by Crippen LogP contribution is -2.20. The van der Waals surface area contributed by atoms with Gasteiger partial charge in [0.2, 0.25) is 0 Å². The normalized spacial score (nSPS) is 11.0. The molecule has 0 unspecified atom stereocenters. The summed E-state index contributed by atoms with van der Waals surface area (Å²) in [4.78, 5) is 12.4. The molecular weight excluding hydrogens is 466 g/mol. The largest absolute Gasteiger partial charge is 0.508 e. The van der Waals surface area contributed by atoms with Crippen LogP contribution in [-0.2, 0) is 4.79 Å². The Kier molecular flexibility index (Phi) is 7.32. The standard InChI is InChI=1S/C25H23N5O4S/c1-16-3-5-17(6-4-16)24-28-29-25(30(24)19-8-11-21(34-2)12-9-19)35-15-23(33)27-26-14-18-7-10-20(31)13-22(18)32/h3-14,31-32H,15H2,1-2H3,(H,27,33)/b26-14+. The highest BCUT2D eigenvalue weighted by Crippen LogP contribution is 2.29. The van der Waals surface area contributed by atoms with Gasteiger partial charge in [-0.05, 0) is 43.3 Å². The third kappa shape index (κ3) is 5.79. The highest BCUT2D eigenvalue weighted by molar-refractivity contribution is 7.99. The molecule has 9 nitrogen and oxygen atoms in total. The predicted octanol–water partition coefficient (Wildman–Crippen LogP) is 3.90. The van der Waals surface area contributed by atoms with Crippen LogP contribution in [0, 0.1) is 6.92 Å². The molecule has 3 N–H and O–H groups in total. The monoisotopic (exact) mass is 489 g/mol. The van der Waals surface area contributed by atoms with Crippen LogP contribution in [0.25, 0.3) is 17.1 Å². The van der Waals surface area contributed by atoms with Crippen molar-refractivity contribution < 1.29 is 19.7 Å². The smallest absolute Gasteiger partial charge is 0.250 e. The fraction of sp³-hybridized carbons (Fsp3) is 0.120. The number of benzene rings is 3. The summed E-state index contributed by atoms with van der Waals surface area (Å²) in [6.45, 7) is 2.02. The molecule has 1 amide bonds. The average Bonchev–Trinajstić information content (AvgIpc) is 3.28. The van der Waals surface area contributed by atoms with E-state index in [-0.39, 0.29) is 23.2 Å². The number of nitrogens with one attached hydrogen (secondary N) is 1. The lowest BCUT2D eigenvalue weighted by Gasteiger charge is -2.11. The number of phenolic OH excluding ortho intramolecular Hbond substituents is 2. The highest BCUT2D eigenvalue weighted by Gasteiger charge is 2.17. The van der Waals surface area contributed by atoms with Gasteiger partial charge in [-0.15, -0.1) is 10.2 Å². The van der Waals surface area contributed by atoms with E-state index >= 15 is 0 Å². The summed E-state index contributed by atoms with van der Waals surface area (Å²) in [7, 11) is 1.61. The second-order valence-electron chi connectivity index (χ2n) is 7.53. The molecular formula is C25H23N5O4S. The summed E-state index contributed by atoms with van der Waals surface area (Å²) in [6.07, 6.45) is 1.30. The summed E-state index contributed by atoms with van der Waals surface area (Å²) in [5, 5.41) is 32.3. The van der Waals surface area contributed by atoms with E-state index in [2.05, 4.69) is 20.7 Å². The molecule has 0 aliphatic rings. The maximum absolute atomic E-state index is 12.4. The minimum absolute atomic E-state index is 0.0427. The molecule has 0 fully saturated rings. The van der Waals surface area contributed by atoms with E-state index < -0.39 is 0 Å². The Balaban J connectivity index is 1.52. The third-order valence-electron chi connectivity index (χ3n) is 5.01. The van der Waals surface area contributed by atoms with Crippen LogP contribution in [0.2, 0.25) is 0 Å². The lowest BCUT2D eigenvalue weighted by molar-refractivity contribution is -0.118. The first kappa shape index (κ1) is 23.8. The van der Waals surface area contributed by atoms with Crippen molar-refractivity contribution in [2.24, 2.45) is 5.10 Å². The van der Waals surface area contributed by atoms with Gasteiger partial charge in [0.15, 0.2) is 11.0 Å². The molecule has 4 aromatic rings. The summed E-state index contributed by atoms with van der Waals surface area (Å²) in [5.41, 5.74) is 5.64. The van der Waals surface area contributed by atoms with Crippen LogP contribution < -0.4 is 10.2 Å². The number of nitrogens with zero attached hydrogens (tertiary/aromatic N) is 4. The van der Waals surface area contributed by atoms with Crippen LogP contribution >= 0.6 is 11.8 Å². The van der Waals surface area contributed by atoms with Gasteiger partial charge in [0.25, 0.3) is 5.91 Å². The van der Waals surface area contributed by atoms with Crippen LogP contribution in [0.4, 0.5) is 0 Å². The average molecular weight is 490 g/mol. The number of phenols is 2. The van der Waals surface area contributed by atoms with Crippen molar-refractivity contribution in [1.82, 2.24) is 20.2 Å². The number of ether oxygens (including phenoxy) is 1. The van der Waals surface area contributed by atoms with E-state index in [1.165, 1.54) is 36.2 Å². The molecule has 0 saturated carbocycles. The Bertz CT molecular complexity index is 1350. The molecule has 1 heterocycles. The SMILES string of the molecule is COc1ccc(-n2c(SCC(=O)N/N=C/c3ccc(O)cc3O)nnc2-c2ccc(C)cc2)cc1. The van der Waals surface area contributed by atoms with Gasteiger partial charge in [-0.2, -0.15) is 5.10 Å². The molecule has 0 saturated heterocycles. The van der Waals surface area contributed by atoms with E-state index in [0.717, 1.165) is 22.6 Å². The fourth-order valence-electron chi connectivity index (χ4n) is 3.19. The number of carbonyl (C=O) groups excluding carboxylic acids is 1. The summed E-state index contributed by atoms with van der Waals surface area (Å²) in [6, 6.07) is 19.6. The molecule has 0 radical (unpaired) electrons. The van der Waals surface area contributed by atoms with Crippen molar-refractivity contribution in [3.05, 3.63) is 77.9 Å². The quantitative estimate of drug-likeness (QED) is 0.195. The van der Waals surface area contributed by atoms with Crippen LogP contribution in [-0.4, -0.2) is 50.0 Å². The number of aromatic hydroxyl groups is 2. The first-order valence-corrected chi connectivity index (χ1v) is 11.6. The van der Waals surface area contributed by atoms with E-state index in [0.29, 0.717) is 16.5 Å². The van der Waals surface area contributed by atoms with Gasteiger partial charge in [0.1, 0.15) is 17.2 Å². The Morgan fingerprint density at radius 1 is 1.09 bits per heavy atom. The van der Waals surface area contributed by atoms with Gasteiger partial charge in [-0.25, -0.2) is 5.43 Å². The van der Waals surface area contributed by atoms with Crippen LogP contribution in [0.15, 0.2) is 77.0 Å². The number of amides is 1. The molecule has 0 atom stereocenters. The first-order chi connectivity index (χ1) is 16.9. The fourth-order valence-corrected chi connectivity index (χ4v) is 3.94. The maximum Gasteiger partial charge on any atom is 0.250 e. The lowest BCUT2D eigenvalue weighted by atomic mass is 10.1. The number of hydrogen-bond donors (Lipinski definition) is 3. The number of aromatic nitrogens is 3. The van der Waals surface area contributed by atoms with Gasteiger partial charge < -0.3 is 14.9 Å². The Morgan fingerprint density at radius 3 is 2.51 bits per heavy atom. The molecule has 10 heteroatoms. The van der Waals surface area contributed by atoms with Crippen LogP contribution in [0.1, 0.15) is 11.1 Å². The number of aryl methyl sites for hydroxylation is 1. The number of hydrazone groups is 1. The molecule has 0 bridgehead atoms. The van der Waals surface area contributed by atoms with Gasteiger partial charge in [0.05, 0.1) is 19.1 Å². The number of methoxy groups -OCH3 is 1. The van der Waals surface area contributed by atoms with Crippen molar-refractivity contribution in [2.75, 3.05) is 12.9 Å². The van der Waals surface area contributed by atoms with Gasteiger partial charge >= 0.3 is 0 Å². The van der Waals surface area contributed by atoms with Gasteiger partial charge in [0, 0.05) is 22.9 Å². The van der Waals surface area contributed by atoms with E-state index in [4.69, 9.17) is 4.74 Å². The van der Waals surface area contributed by atoms with Crippen LogP contribution in [0.3, 0.4) is 0 Å². The molecule has 0 spiro atoms. The third-order valence-corrected chi connectivity index (χ3v) is 5.94. The predicted molar refractivity (Wildman–Crippen MR) is 134 cm³/mol. The van der Waals surface area contributed by atoms with Gasteiger partial charge in [-0.1, -0.05) is 41.6 Å². The van der Waals surface area contributed by atoms with Crippen molar-refractivity contribution in [1.29, 1.82) is 0 Å². The second-order valence-corrected chi connectivity index (χ2v) is 8.47. The summed E-state index contributed by atoms with van der Waals surface area (Å²) >= 11 is 1.22. The summed E-state index contributed by atoms with van der Waals surface area (Å²) in [5.74, 6) is 0.857. The molecule has 35 heavy (non-hydrogen) atoms. The Labute approximate surface area is 206 Å². The Hall–Kier alpha value is -4.31. The minimum atomic E-state index is -0.356. The second kappa shape index (κ2) is 10.7. The zero-order valence-electron chi connectivity index (χ0n) is 19.0. The highest BCUT2D eigenvalue weighted by atomic mass is 32.2. The molecule has 178 valence electrons. The van der Waals surface area contributed by atoms with Crippen molar-refractivity contribution in [2.45, 2.75) is 12.1 Å². The Morgan fingerprint density at radius 2 is 1.83 bits per heavy atom. The number of carbonyl (C=O) groups is 1. The van der Waals surface area contributed by atoms with E-state index in [1.807, 2.05) is 60.0 Å². The number of rotatable bonds is 8. The zero-order chi connectivity index (χ0) is 24.8. The number of thioether (sulfide) groups is 1. The van der Waals surface area contributed by atoms with Crippen molar-refractivity contribution >= 4 is 23.9 Å². The molecule has 1 aromatic heterocycles. The molecule has 0 aliphatic heterocycles. The molecule has 0 aliphatic carbocycles. The van der Waals surface area contributed by atoms with Gasteiger partial charge in [-0.3, -0.25) is 9.36 Å². The molecule has 4 rings (SSSR count). The minimum Gasteiger partial charge on any atom is -0.508 e. The summed E-state index contributed by atoms with van der Waals surface area (Å²) < 4.78 is 7.16. The number of hydrogen-bond acceptors (Lipinski definition) is 8.